The van der Waals surface area contributed by atoms with Gasteiger partial charge in [-0.25, -0.2) is 9.97 Å². The number of hydrogen-bond donors (Lipinski definition) is 2. The smallest absolute Gasteiger partial charge is 0.261 e. The van der Waals surface area contributed by atoms with Gasteiger partial charge in [0, 0.05) is 36.5 Å². The molecule has 0 aliphatic rings. The molecule has 2 aromatic heterocycles. The van der Waals surface area contributed by atoms with E-state index in [1.807, 2.05) is 36.6 Å². The first kappa shape index (κ1) is 21.4. The fourth-order valence-electron chi connectivity index (χ4n) is 3.29. The van der Waals surface area contributed by atoms with Crippen molar-refractivity contribution in [2.24, 2.45) is 0 Å². The van der Waals surface area contributed by atoms with Crippen LogP contribution in [-0.4, -0.2) is 26.3 Å². The van der Waals surface area contributed by atoms with Crippen LogP contribution in [0.25, 0.3) is 22.2 Å². The summed E-state index contributed by atoms with van der Waals surface area (Å²) in [6.45, 7) is 3.59. The number of rotatable bonds is 6. The van der Waals surface area contributed by atoms with Crippen LogP contribution in [0.5, 0.6) is 0 Å². The van der Waals surface area contributed by atoms with Gasteiger partial charge in [0.1, 0.15) is 0 Å². The summed E-state index contributed by atoms with van der Waals surface area (Å²) in [6, 6.07) is 12.8. The maximum Gasteiger partial charge on any atom is 0.261 e. The molecule has 0 spiro atoms. The zero-order valence-electron chi connectivity index (χ0n) is 17.6. The summed E-state index contributed by atoms with van der Waals surface area (Å²) < 4.78 is 1.45. The van der Waals surface area contributed by atoms with Crippen LogP contribution in [0.4, 0.5) is 10.8 Å². The van der Waals surface area contributed by atoms with Gasteiger partial charge in [0.2, 0.25) is 11.8 Å². The minimum absolute atomic E-state index is 0.124. The molecule has 0 saturated carbocycles. The maximum absolute atomic E-state index is 12.7. The number of carbonyl (C=O) groups excluding carboxylic acids is 2. The topological polar surface area (TPSA) is 106 Å². The van der Waals surface area contributed by atoms with Gasteiger partial charge in [-0.05, 0) is 30.7 Å². The minimum Gasteiger partial charge on any atom is -0.326 e. The lowest BCUT2D eigenvalue weighted by Gasteiger charge is -2.07. The molecule has 0 radical (unpaired) electrons. The van der Waals surface area contributed by atoms with Crippen molar-refractivity contribution in [1.29, 1.82) is 0 Å². The summed E-state index contributed by atoms with van der Waals surface area (Å²) in [7, 11) is 0. The molecule has 4 aromatic rings. The number of amides is 2. The van der Waals surface area contributed by atoms with E-state index in [0.717, 1.165) is 16.8 Å². The molecule has 0 saturated heterocycles. The molecule has 8 nitrogen and oxygen atoms in total. The van der Waals surface area contributed by atoms with E-state index < -0.39 is 0 Å². The molecule has 2 amide bonds. The highest BCUT2D eigenvalue weighted by Crippen LogP contribution is 2.26. The van der Waals surface area contributed by atoms with Gasteiger partial charge in [0.05, 0.1) is 22.9 Å². The Balaban J connectivity index is 1.39. The molecule has 0 unspecified atom stereocenters. The molecule has 0 aliphatic carbocycles. The van der Waals surface area contributed by atoms with Crippen LogP contribution in [0, 0.1) is 6.92 Å². The van der Waals surface area contributed by atoms with E-state index in [1.165, 1.54) is 29.2 Å². The lowest BCUT2D eigenvalue weighted by Crippen LogP contribution is -2.23. The number of aromatic nitrogens is 3. The number of aryl methyl sites for hydroxylation is 2. The van der Waals surface area contributed by atoms with Gasteiger partial charge in [0.25, 0.3) is 5.56 Å². The molecular weight excluding hydrogens is 426 g/mol. The number of nitrogens with one attached hydrogen (secondary N) is 2. The lowest BCUT2D eigenvalue weighted by molar-refractivity contribution is -0.116. The molecule has 0 bridgehead atoms. The molecule has 9 heteroatoms. The Hall–Kier alpha value is -3.85. The number of hydrogen-bond acceptors (Lipinski definition) is 6. The van der Waals surface area contributed by atoms with Crippen LogP contribution in [0.15, 0.2) is 59.0 Å². The SMILES string of the molecule is CC(=O)Nc1ccc(-c2csc(NC(=O)CCn3cnc4c(C)cccc4c3=O)n2)cc1. The van der Waals surface area contributed by atoms with Crippen LogP contribution in [-0.2, 0) is 16.1 Å². The highest BCUT2D eigenvalue weighted by molar-refractivity contribution is 7.14. The van der Waals surface area contributed by atoms with Gasteiger partial charge in [-0.15, -0.1) is 11.3 Å². The Morgan fingerprint density at radius 2 is 1.88 bits per heavy atom. The maximum atomic E-state index is 12.7. The molecular formula is C23H21N5O3S. The number of nitrogens with zero attached hydrogens (tertiary/aromatic N) is 3. The Morgan fingerprint density at radius 1 is 1.09 bits per heavy atom. The normalized spacial score (nSPS) is 10.8. The first-order chi connectivity index (χ1) is 15.4. The molecule has 0 aliphatic heterocycles. The highest BCUT2D eigenvalue weighted by atomic mass is 32.1. The molecule has 4 rings (SSSR count). The lowest BCUT2D eigenvalue weighted by atomic mass is 10.1. The van der Waals surface area contributed by atoms with Crippen molar-refractivity contribution in [3.8, 4) is 11.3 Å². The largest absolute Gasteiger partial charge is 0.326 e. The summed E-state index contributed by atoms with van der Waals surface area (Å²) in [5.74, 6) is -0.364. The fourth-order valence-corrected chi connectivity index (χ4v) is 4.03. The molecule has 162 valence electrons. The molecule has 0 atom stereocenters. The van der Waals surface area contributed by atoms with Gasteiger partial charge < -0.3 is 10.6 Å². The third-order valence-electron chi connectivity index (χ3n) is 4.89. The summed E-state index contributed by atoms with van der Waals surface area (Å²) in [5, 5.41) is 8.37. The van der Waals surface area contributed by atoms with Crippen molar-refractivity contribution in [3.05, 3.63) is 70.1 Å². The molecule has 32 heavy (non-hydrogen) atoms. The van der Waals surface area contributed by atoms with E-state index in [-0.39, 0.29) is 30.3 Å². The standard InChI is InChI=1S/C23H21N5O3S/c1-14-4-3-5-18-21(14)24-13-28(22(18)31)11-10-20(30)27-23-26-19(12-32-23)16-6-8-17(9-7-16)25-15(2)29/h3-9,12-13H,10-11H2,1-2H3,(H,25,29)(H,26,27,30). The predicted octanol–water partition coefficient (Wildman–Crippen LogP) is 3.82. The number of anilines is 2. The quantitative estimate of drug-likeness (QED) is 0.467. The minimum atomic E-state index is -0.233. The summed E-state index contributed by atoms with van der Waals surface area (Å²) in [5.41, 5.74) is 3.77. The molecule has 2 N–H and O–H groups in total. The molecule has 2 heterocycles. The number of fused-ring (bicyclic) bond motifs is 1. The van der Waals surface area contributed by atoms with E-state index >= 15 is 0 Å². The van der Waals surface area contributed by atoms with Crippen LogP contribution >= 0.6 is 11.3 Å². The second-order valence-corrected chi connectivity index (χ2v) is 8.17. The number of benzene rings is 2. The monoisotopic (exact) mass is 447 g/mol. The number of para-hydroxylation sites is 1. The molecule has 2 aromatic carbocycles. The summed E-state index contributed by atoms with van der Waals surface area (Å²) >= 11 is 1.32. The van der Waals surface area contributed by atoms with Crippen molar-refractivity contribution in [3.63, 3.8) is 0 Å². The van der Waals surface area contributed by atoms with Gasteiger partial charge in [-0.1, -0.05) is 24.3 Å². The first-order valence-corrected chi connectivity index (χ1v) is 10.9. The average Bonchev–Trinajstić information content (AvgIpc) is 3.22. The Kier molecular flexibility index (Phi) is 6.09. The van der Waals surface area contributed by atoms with Crippen LogP contribution in [0.1, 0.15) is 18.9 Å². The zero-order chi connectivity index (χ0) is 22.7. The van der Waals surface area contributed by atoms with Gasteiger partial charge in [-0.2, -0.15) is 0 Å². The van der Waals surface area contributed by atoms with Crippen molar-refractivity contribution < 1.29 is 9.59 Å². The third kappa shape index (κ3) is 4.73. The Bertz CT molecular complexity index is 1360. The highest BCUT2D eigenvalue weighted by Gasteiger charge is 2.11. The number of thiazole rings is 1. The average molecular weight is 448 g/mol. The van der Waals surface area contributed by atoms with E-state index in [2.05, 4.69) is 20.6 Å². The summed E-state index contributed by atoms with van der Waals surface area (Å²) in [4.78, 5) is 45.0. The van der Waals surface area contributed by atoms with Crippen molar-refractivity contribution in [2.45, 2.75) is 26.8 Å². The van der Waals surface area contributed by atoms with E-state index in [4.69, 9.17) is 0 Å². The second kappa shape index (κ2) is 9.11. The first-order valence-electron chi connectivity index (χ1n) is 9.99. The fraction of sp³-hybridized carbons (Fsp3) is 0.174. The van der Waals surface area contributed by atoms with E-state index in [9.17, 15) is 14.4 Å². The van der Waals surface area contributed by atoms with Crippen molar-refractivity contribution in [2.75, 3.05) is 10.6 Å². The van der Waals surface area contributed by atoms with Crippen LogP contribution in [0.2, 0.25) is 0 Å². The zero-order valence-corrected chi connectivity index (χ0v) is 18.4. The Morgan fingerprint density at radius 3 is 2.62 bits per heavy atom. The van der Waals surface area contributed by atoms with E-state index in [1.54, 1.807) is 18.2 Å². The van der Waals surface area contributed by atoms with Crippen LogP contribution < -0.4 is 16.2 Å². The second-order valence-electron chi connectivity index (χ2n) is 7.31. The van der Waals surface area contributed by atoms with Gasteiger partial charge in [0.15, 0.2) is 5.13 Å². The third-order valence-corrected chi connectivity index (χ3v) is 5.64. The van der Waals surface area contributed by atoms with Crippen molar-refractivity contribution in [1.82, 2.24) is 14.5 Å². The van der Waals surface area contributed by atoms with Crippen LogP contribution in [0.3, 0.4) is 0 Å². The van der Waals surface area contributed by atoms with E-state index in [0.29, 0.717) is 21.7 Å². The van der Waals surface area contributed by atoms with Gasteiger partial charge >= 0.3 is 0 Å². The van der Waals surface area contributed by atoms with Gasteiger partial charge in [-0.3, -0.25) is 19.0 Å². The number of carbonyl (C=O) groups is 2. The summed E-state index contributed by atoms with van der Waals surface area (Å²) in [6.07, 6.45) is 1.61. The predicted molar refractivity (Wildman–Crippen MR) is 126 cm³/mol. The Labute approximate surface area is 188 Å². The molecule has 0 fully saturated rings. The van der Waals surface area contributed by atoms with Crippen molar-refractivity contribution >= 4 is 44.9 Å².